The number of pyridine rings is 1. The van der Waals surface area contributed by atoms with Crippen molar-refractivity contribution < 1.29 is 4.79 Å². The van der Waals surface area contributed by atoms with Crippen LogP contribution in [0.4, 0.5) is 0 Å². The molecular formula is C20H23N3OS. The molecule has 1 N–H and O–H groups in total. The van der Waals surface area contributed by atoms with E-state index in [-0.39, 0.29) is 5.91 Å². The summed E-state index contributed by atoms with van der Waals surface area (Å²) in [5.74, 6) is 3.33. The topological polar surface area (TPSA) is 54.9 Å². The van der Waals surface area contributed by atoms with Gasteiger partial charge in [0.25, 0.3) is 5.91 Å². The molecule has 0 radical (unpaired) electrons. The zero-order chi connectivity index (χ0) is 17.0. The highest BCUT2D eigenvalue weighted by atomic mass is 32.1. The lowest BCUT2D eigenvalue weighted by atomic mass is 9.54. The first-order valence-electron chi connectivity index (χ1n) is 9.36. The van der Waals surface area contributed by atoms with E-state index < -0.39 is 0 Å². The van der Waals surface area contributed by atoms with Gasteiger partial charge in [-0.2, -0.15) is 0 Å². The summed E-state index contributed by atoms with van der Waals surface area (Å²) in [6.07, 6.45) is 10.3. The van der Waals surface area contributed by atoms with Gasteiger partial charge in [-0.25, -0.2) is 4.98 Å². The van der Waals surface area contributed by atoms with Gasteiger partial charge in [-0.1, -0.05) is 0 Å². The number of aryl methyl sites for hydroxylation is 1. The zero-order valence-electron chi connectivity index (χ0n) is 14.4. The van der Waals surface area contributed by atoms with Crippen LogP contribution < -0.4 is 5.32 Å². The highest BCUT2D eigenvalue weighted by Gasteiger charge is 2.48. The first-order chi connectivity index (χ1) is 12.2. The lowest BCUT2D eigenvalue weighted by molar-refractivity contribution is -0.0119. The Labute approximate surface area is 152 Å². The minimum absolute atomic E-state index is 0.0719. The van der Waals surface area contributed by atoms with E-state index in [1.54, 1.807) is 12.4 Å². The average Bonchev–Trinajstić information content (AvgIpc) is 3.00. The average molecular weight is 353 g/mol. The summed E-state index contributed by atoms with van der Waals surface area (Å²) in [6.45, 7) is 1.93. The molecule has 130 valence electrons. The molecule has 4 aliphatic carbocycles. The molecule has 2 aromatic heterocycles. The van der Waals surface area contributed by atoms with E-state index in [1.807, 2.05) is 19.1 Å². The second-order valence-corrected chi connectivity index (χ2v) is 9.10. The molecule has 6 rings (SSSR count). The molecule has 0 unspecified atom stereocenters. The van der Waals surface area contributed by atoms with Crippen molar-refractivity contribution in [2.75, 3.05) is 0 Å². The maximum Gasteiger partial charge on any atom is 0.263 e. The summed E-state index contributed by atoms with van der Waals surface area (Å²) in [5.41, 5.74) is 1.80. The Bertz CT molecular complexity index is 773. The molecule has 1 amide bonds. The van der Waals surface area contributed by atoms with E-state index in [4.69, 9.17) is 0 Å². The zero-order valence-corrected chi connectivity index (χ0v) is 15.3. The smallest absolute Gasteiger partial charge is 0.263 e. The van der Waals surface area contributed by atoms with Crippen LogP contribution in [-0.2, 0) is 0 Å². The third-order valence-electron chi connectivity index (χ3n) is 6.44. The number of carbonyl (C=O) groups is 1. The first-order valence-corrected chi connectivity index (χ1v) is 10.2. The maximum absolute atomic E-state index is 12.9. The summed E-state index contributed by atoms with van der Waals surface area (Å²) in [6, 6.07) is 4.27. The SMILES string of the molecule is Cc1nc(-c2cccnc2)sc1C(=O)NC1C2CC3CC(C2)CC1C3. The molecule has 4 bridgehead atoms. The fourth-order valence-corrected chi connectivity index (χ4v) is 6.56. The molecule has 0 aliphatic heterocycles. The second-order valence-electron chi connectivity index (χ2n) is 8.11. The Morgan fingerprint density at radius 1 is 1.16 bits per heavy atom. The summed E-state index contributed by atoms with van der Waals surface area (Å²) < 4.78 is 0. The molecule has 5 heteroatoms. The number of nitrogens with zero attached hydrogens (tertiary/aromatic N) is 2. The number of rotatable bonds is 3. The summed E-state index contributed by atoms with van der Waals surface area (Å²) >= 11 is 1.48. The molecule has 4 nitrogen and oxygen atoms in total. The number of hydrogen-bond donors (Lipinski definition) is 1. The Morgan fingerprint density at radius 2 is 1.88 bits per heavy atom. The van der Waals surface area contributed by atoms with Gasteiger partial charge >= 0.3 is 0 Å². The lowest BCUT2D eigenvalue weighted by Crippen LogP contribution is -2.55. The van der Waals surface area contributed by atoms with E-state index in [1.165, 1.54) is 43.4 Å². The second kappa shape index (κ2) is 5.90. The van der Waals surface area contributed by atoms with Crippen molar-refractivity contribution in [3.05, 3.63) is 35.1 Å². The van der Waals surface area contributed by atoms with Gasteiger partial charge < -0.3 is 5.32 Å². The molecule has 0 aromatic carbocycles. The molecule has 4 fully saturated rings. The van der Waals surface area contributed by atoms with Crippen LogP contribution in [0.15, 0.2) is 24.5 Å². The Hall–Kier alpha value is -1.75. The minimum Gasteiger partial charge on any atom is -0.348 e. The highest BCUT2D eigenvalue weighted by Crippen LogP contribution is 2.53. The van der Waals surface area contributed by atoms with Crippen LogP contribution in [0.25, 0.3) is 10.6 Å². The molecule has 4 saturated carbocycles. The first kappa shape index (κ1) is 15.5. The molecule has 0 spiro atoms. The van der Waals surface area contributed by atoms with Crippen molar-refractivity contribution in [1.82, 2.24) is 15.3 Å². The molecule has 25 heavy (non-hydrogen) atoms. The molecule has 4 aliphatic rings. The van der Waals surface area contributed by atoms with Crippen molar-refractivity contribution in [3.63, 3.8) is 0 Å². The predicted octanol–water partition coefficient (Wildman–Crippen LogP) is 4.07. The number of aromatic nitrogens is 2. The van der Waals surface area contributed by atoms with Crippen LogP contribution in [0, 0.1) is 30.6 Å². The van der Waals surface area contributed by atoms with E-state index >= 15 is 0 Å². The Morgan fingerprint density at radius 3 is 2.52 bits per heavy atom. The van der Waals surface area contributed by atoms with Gasteiger partial charge in [0.15, 0.2) is 0 Å². The number of thiazole rings is 1. The molecular weight excluding hydrogens is 330 g/mol. The molecule has 0 atom stereocenters. The van der Waals surface area contributed by atoms with E-state index in [2.05, 4.69) is 15.3 Å². The Balaban J connectivity index is 1.36. The standard InChI is InChI=1S/C20H23N3OS/c1-11-18(25-20(22-11)14-3-2-4-21-10-14)19(24)23-17-15-6-12-5-13(8-15)9-16(17)7-12/h2-4,10,12-13,15-17H,5-9H2,1H3,(H,23,24). The normalized spacial score (nSPS) is 32.8. The van der Waals surface area contributed by atoms with Gasteiger partial charge in [-0.15, -0.1) is 11.3 Å². The lowest BCUT2D eigenvalue weighted by Gasteiger charge is -2.54. The van der Waals surface area contributed by atoms with Gasteiger partial charge in [-0.3, -0.25) is 9.78 Å². The van der Waals surface area contributed by atoms with Gasteiger partial charge in [0, 0.05) is 24.0 Å². The number of carbonyl (C=O) groups excluding carboxylic acids is 1. The number of nitrogens with one attached hydrogen (secondary N) is 1. The largest absolute Gasteiger partial charge is 0.348 e. The van der Waals surface area contributed by atoms with E-state index in [9.17, 15) is 4.79 Å². The summed E-state index contributed by atoms with van der Waals surface area (Å²) in [5, 5.41) is 4.28. The summed E-state index contributed by atoms with van der Waals surface area (Å²) in [4.78, 5) is 22.5. The third kappa shape index (κ3) is 2.69. The van der Waals surface area contributed by atoms with E-state index in [0.29, 0.717) is 17.9 Å². The number of hydrogen-bond acceptors (Lipinski definition) is 4. The van der Waals surface area contributed by atoms with Gasteiger partial charge in [-0.05, 0) is 74.8 Å². The van der Waals surface area contributed by atoms with Gasteiger partial charge in [0.1, 0.15) is 9.88 Å². The molecule has 0 saturated heterocycles. The van der Waals surface area contributed by atoms with Crippen LogP contribution >= 0.6 is 11.3 Å². The molecule has 2 heterocycles. The Kier molecular flexibility index (Phi) is 3.66. The highest BCUT2D eigenvalue weighted by molar-refractivity contribution is 7.17. The van der Waals surface area contributed by atoms with Crippen LogP contribution in [-0.4, -0.2) is 21.9 Å². The quantitative estimate of drug-likeness (QED) is 0.905. The van der Waals surface area contributed by atoms with E-state index in [0.717, 1.165) is 33.0 Å². The van der Waals surface area contributed by atoms with Crippen LogP contribution in [0.5, 0.6) is 0 Å². The third-order valence-corrected chi connectivity index (χ3v) is 7.64. The van der Waals surface area contributed by atoms with Crippen molar-refractivity contribution in [2.24, 2.45) is 23.7 Å². The monoisotopic (exact) mass is 353 g/mol. The van der Waals surface area contributed by atoms with Crippen LogP contribution in [0.2, 0.25) is 0 Å². The van der Waals surface area contributed by atoms with Gasteiger partial charge in [0.2, 0.25) is 0 Å². The van der Waals surface area contributed by atoms with Crippen LogP contribution in [0.1, 0.15) is 47.5 Å². The van der Waals surface area contributed by atoms with Crippen LogP contribution in [0.3, 0.4) is 0 Å². The summed E-state index contributed by atoms with van der Waals surface area (Å²) in [7, 11) is 0. The van der Waals surface area contributed by atoms with Crippen molar-refractivity contribution >= 4 is 17.2 Å². The fourth-order valence-electron chi connectivity index (χ4n) is 5.60. The van der Waals surface area contributed by atoms with Crippen molar-refractivity contribution in [1.29, 1.82) is 0 Å². The fraction of sp³-hybridized carbons (Fsp3) is 0.550. The predicted molar refractivity (Wildman–Crippen MR) is 98.4 cm³/mol. The van der Waals surface area contributed by atoms with Gasteiger partial charge in [0.05, 0.1) is 5.69 Å². The van der Waals surface area contributed by atoms with Crippen molar-refractivity contribution in [2.45, 2.75) is 45.1 Å². The minimum atomic E-state index is 0.0719. The van der Waals surface area contributed by atoms with Crippen molar-refractivity contribution in [3.8, 4) is 10.6 Å². The molecule has 2 aromatic rings. The number of amides is 1. The maximum atomic E-state index is 12.9.